The Hall–Kier alpha value is -3.19. The van der Waals surface area contributed by atoms with Gasteiger partial charge in [-0.1, -0.05) is 13.0 Å². The van der Waals surface area contributed by atoms with Gasteiger partial charge in [-0.15, -0.1) is 0 Å². The third-order valence-electron chi connectivity index (χ3n) is 6.06. The average Bonchev–Trinajstić information content (AvgIpc) is 3.08. The molecule has 7 nitrogen and oxygen atoms in total. The Balaban J connectivity index is 1.81. The van der Waals surface area contributed by atoms with Crippen molar-refractivity contribution < 1.29 is 19.4 Å². The fourth-order valence-corrected chi connectivity index (χ4v) is 4.36. The number of pyridine rings is 2. The van der Waals surface area contributed by atoms with Crippen molar-refractivity contribution in [2.24, 2.45) is 0 Å². The van der Waals surface area contributed by atoms with Crippen LogP contribution in [-0.4, -0.2) is 27.7 Å². The van der Waals surface area contributed by atoms with Crippen LogP contribution < -0.4 is 10.3 Å². The fraction of sp³-hybridized carbons (Fsp3) is 0.318. The van der Waals surface area contributed by atoms with Crippen LogP contribution in [0.2, 0.25) is 0 Å². The van der Waals surface area contributed by atoms with Crippen molar-refractivity contribution in [1.82, 2.24) is 9.55 Å². The normalized spacial score (nSPS) is 19.5. The van der Waals surface area contributed by atoms with Crippen LogP contribution in [0.4, 0.5) is 0 Å². The molecule has 0 saturated carbocycles. The van der Waals surface area contributed by atoms with Crippen LogP contribution in [0.1, 0.15) is 35.6 Å². The molecular weight excluding hydrogens is 372 g/mol. The minimum absolute atomic E-state index is 0.121. The number of hydrogen-bond donors (Lipinski definition) is 1. The lowest BCUT2D eigenvalue weighted by molar-refractivity contribution is -0.172. The number of esters is 1. The van der Waals surface area contributed by atoms with E-state index in [2.05, 4.69) is 0 Å². The first-order chi connectivity index (χ1) is 13.9. The Morgan fingerprint density at radius 1 is 1.31 bits per heavy atom. The average molecular weight is 392 g/mol. The lowest BCUT2D eigenvalue weighted by atomic mass is 9.86. The highest BCUT2D eigenvalue weighted by Crippen LogP contribution is 2.39. The van der Waals surface area contributed by atoms with Crippen molar-refractivity contribution in [3.63, 3.8) is 0 Å². The second kappa shape index (κ2) is 5.90. The maximum Gasteiger partial charge on any atom is 0.343 e. The van der Waals surface area contributed by atoms with Crippen molar-refractivity contribution in [3.05, 3.63) is 56.9 Å². The molecule has 0 fully saturated rings. The summed E-state index contributed by atoms with van der Waals surface area (Å²) in [6.45, 7) is 3.90. The molecule has 0 bridgehead atoms. The molecule has 0 unspecified atom stereocenters. The third-order valence-corrected chi connectivity index (χ3v) is 6.06. The standard InChI is InChI=1S/C22H20N2O5/c1-4-22(27)15-8-16-19-12(9-24(16)20(25)14(15)10-29-21(22)26)7-13-17(28-3)6-5-11(2)18(13)23-19/h5-8,27H,4,9-10H2,1-3H3/t22-/m0/s1. The summed E-state index contributed by atoms with van der Waals surface area (Å²) in [4.78, 5) is 30.3. The molecule has 1 aromatic carbocycles. The van der Waals surface area contributed by atoms with E-state index in [1.807, 2.05) is 25.1 Å². The highest BCUT2D eigenvalue weighted by molar-refractivity contribution is 5.91. The van der Waals surface area contributed by atoms with Gasteiger partial charge in [0, 0.05) is 16.5 Å². The lowest BCUT2D eigenvalue weighted by Gasteiger charge is -2.31. The first-order valence-corrected chi connectivity index (χ1v) is 9.53. The number of rotatable bonds is 2. The van der Waals surface area contributed by atoms with Gasteiger partial charge >= 0.3 is 5.97 Å². The number of carbonyl (C=O) groups is 1. The molecule has 29 heavy (non-hydrogen) atoms. The predicted molar refractivity (Wildman–Crippen MR) is 106 cm³/mol. The van der Waals surface area contributed by atoms with Gasteiger partial charge in [0.05, 0.1) is 36.1 Å². The second-order valence-corrected chi connectivity index (χ2v) is 7.58. The van der Waals surface area contributed by atoms with Gasteiger partial charge < -0.3 is 19.1 Å². The van der Waals surface area contributed by atoms with E-state index in [-0.39, 0.29) is 18.6 Å². The topological polar surface area (TPSA) is 90.7 Å². The summed E-state index contributed by atoms with van der Waals surface area (Å²) in [5.41, 5.74) is 2.55. The van der Waals surface area contributed by atoms with Crippen LogP contribution in [0.5, 0.6) is 5.75 Å². The Morgan fingerprint density at radius 2 is 2.10 bits per heavy atom. The number of aromatic nitrogens is 2. The van der Waals surface area contributed by atoms with Crippen LogP contribution in [0, 0.1) is 6.92 Å². The third kappa shape index (κ3) is 2.25. The zero-order valence-electron chi connectivity index (χ0n) is 16.4. The summed E-state index contributed by atoms with van der Waals surface area (Å²) in [7, 11) is 1.62. The molecule has 148 valence electrons. The molecule has 2 aromatic heterocycles. The molecule has 2 aliphatic heterocycles. The number of benzene rings is 1. The van der Waals surface area contributed by atoms with E-state index in [0.29, 0.717) is 29.1 Å². The highest BCUT2D eigenvalue weighted by atomic mass is 16.6. The van der Waals surface area contributed by atoms with E-state index in [1.165, 1.54) is 0 Å². The van der Waals surface area contributed by atoms with Gasteiger partial charge in [-0.25, -0.2) is 9.78 Å². The molecule has 0 aliphatic carbocycles. The number of nitrogens with zero attached hydrogens (tertiary/aromatic N) is 2. The van der Waals surface area contributed by atoms with Crippen molar-refractivity contribution in [3.8, 4) is 17.1 Å². The van der Waals surface area contributed by atoms with Gasteiger partial charge in [0.15, 0.2) is 5.60 Å². The molecular formula is C22H20N2O5. The molecule has 2 aliphatic rings. The van der Waals surface area contributed by atoms with Gasteiger partial charge in [-0.2, -0.15) is 0 Å². The van der Waals surface area contributed by atoms with Crippen LogP contribution in [0.25, 0.3) is 22.3 Å². The predicted octanol–water partition coefficient (Wildman–Crippen LogP) is 2.40. The fourth-order valence-electron chi connectivity index (χ4n) is 4.36. The lowest BCUT2D eigenvalue weighted by Crippen LogP contribution is -2.44. The van der Waals surface area contributed by atoms with Crippen LogP contribution in [0.3, 0.4) is 0 Å². The van der Waals surface area contributed by atoms with Gasteiger partial charge in [-0.3, -0.25) is 4.79 Å². The number of cyclic esters (lactones) is 1. The first kappa shape index (κ1) is 17.9. The minimum atomic E-state index is -1.82. The largest absolute Gasteiger partial charge is 0.496 e. The number of hydrogen-bond acceptors (Lipinski definition) is 6. The number of aryl methyl sites for hydroxylation is 1. The molecule has 3 aromatic rings. The van der Waals surface area contributed by atoms with E-state index in [1.54, 1.807) is 24.7 Å². The summed E-state index contributed by atoms with van der Waals surface area (Å²) in [5, 5.41) is 11.8. The van der Waals surface area contributed by atoms with Crippen LogP contribution >= 0.6 is 0 Å². The molecule has 5 rings (SSSR count). The quantitative estimate of drug-likeness (QED) is 0.527. The maximum atomic E-state index is 13.2. The van der Waals surface area contributed by atoms with Crippen molar-refractivity contribution in [2.45, 2.75) is 39.0 Å². The van der Waals surface area contributed by atoms with Crippen molar-refractivity contribution in [1.29, 1.82) is 0 Å². The van der Waals surface area contributed by atoms with Gasteiger partial charge in [0.2, 0.25) is 0 Å². The monoisotopic (exact) mass is 392 g/mol. The number of methoxy groups -OCH3 is 1. The van der Waals surface area contributed by atoms with E-state index >= 15 is 0 Å². The maximum absolute atomic E-state index is 13.2. The Kier molecular flexibility index (Phi) is 3.64. The van der Waals surface area contributed by atoms with Gasteiger partial charge in [0.25, 0.3) is 5.56 Å². The summed E-state index contributed by atoms with van der Waals surface area (Å²) in [5.74, 6) is 0.00461. The Morgan fingerprint density at radius 3 is 2.83 bits per heavy atom. The van der Waals surface area contributed by atoms with Gasteiger partial charge in [-0.05, 0) is 37.1 Å². The Bertz CT molecular complexity index is 1280. The zero-order chi connectivity index (χ0) is 20.5. The van der Waals surface area contributed by atoms with Crippen molar-refractivity contribution >= 4 is 16.9 Å². The highest BCUT2D eigenvalue weighted by Gasteiger charge is 2.45. The van der Waals surface area contributed by atoms with E-state index in [9.17, 15) is 14.7 Å². The minimum Gasteiger partial charge on any atom is -0.496 e. The molecule has 0 radical (unpaired) electrons. The SMILES string of the molecule is CC[C@@]1(O)C(=O)OCc2c1cc1n(c2=O)Cc2cc3c(OC)ccc(C)c3nc2-1. The molecule has 0 spiro atoms. The number of ether oxygens (including phenoxy) is 2. The molecule has 0 amide bonds. The number of carbonyl (C=O) groups excluding carboxylic acids is 1. The molecule has 1 N–H and O–H groups in total. The summed E-state index contributed by atoms with van der Waals surface area (Å²) < 4.78 is 12.2. The van der Waals surface area contributed by atoms with Gasteiger partial charge in [0.1, 0.15) is 12.4 Å². The molecule has 4 heterocycles. The van der Waals surface area contributed by atoms with Crippen molar-refractivity contribution in [2.75, 3.05) is 7.11 Å². The summed E-state index contributed by atoms with van der Waals surface area (Å²) in [6, 6.07) is 7.58. The van der Waals surface area contributed by atoms with Crippen LogP contribution in [-0.2, 0) is 28.3 Å². The van der Waals surface area contributed by atoms with E-state index in [0.717, 1.165) is 27.8 Å². The molecule has 1 atom stereocenters. The molecule has 0 saturated heterocycles. The van der Waals surface area contributed by atoms with E-state index < -0.39 is 11.6 Å². The number of aliphatic hydroxyl groups is 1. The smallest absolute Gasteiger partial charge is 0.343 e. The van der Waals surface area contributed by atoms with Crippen LogP contribution in [0.15, 0.2) is 29.1 Å². The number of fused-ring (bicyclic) bond motifs is 5. The molecule has 7 heteroatoms. The zero-order valence-corrected chi connectivity index (χ0v) is 16.4. The summed E-state index contributed by atoms with van der Waals surface area (Å²) in [6.07, 6.45) is 0.121. The van der Waals surface area contributed by atoms with E-state index in [4.69, 9.17) is 14.5 Å². The first-order valence-electron chi connectivity index (χ1n) is 9.53. The summed E-state index contributed by atoms with van der Waals surface area (Å²) >= 11 is 0. The Labute approximate surface area is 166 Å². The second-order valence-electron chi connectivity index (χ2n) is 7.58.